The third-order valence-electron chi connectivity index (χ3n) is 3.12. The minimum Gasteiger partial charge on any atom is -0.492 e. The van der Waals surface area contributed by atoms with Crippen LogP contribution in [0.5, 0.6) is 5.75 Å². The van der Waals surface area contributed by atoms with Gasteiger partial charge in [-0.1, -0.05) is 12.1 Å². The molecule has 1 fully saturated rings. The smallest absolute Gasteiger partial charge is 0.419 e. The summed E-state index contributed by atoms with van der Waals surface area (Å²) in [7, 11) is 0. The lowest BCUT2D eigenvalue weighted by Crippen LogP contribution is -2.29. The fraction of sp³-hybridized carbons (Fsp3) is 0.571. The summed E-state index contributed by atoms with van der Waals surface area (Å²) in [6.45, 7) is 2.19. The molecular weight excluding hydrogens is 271 g/mol. The zero-order valence-electron chi connectivity index (χ0n) is 11.1. The summed E-state index contributed by atoms with van der Waals surface area (Å²) in [5, 5.41) is 3.12. The van der Waals surface area contributed by atoms with Gasteiger partial charge in [0.1, 0.15) is 12.4 Å². The van der Waals surface area contributed by atoms with Gasteiger partial charge >= 0.3 is 6.18 Å². The van der Waals surface area contributed by atoms with Crippen molar-refractivity contribution in [1.29, 1.82) is 0 Å². The largest absolute Gasteiger partial charge is 0.492 e. The van der Waals surface area contributed by atoms with Crippen molar-refractivity contribution in [3.63, 3.8) is 0 Å². The molecular formula is C14H18F3NO2. The van der Waals surface area contributed by atoms with Crippen molar-refractivity contribution < 1.29 is 22.6 Å². The SMILES string of the molecule is FC(F)(F)c1ccccc1OCCNCC1CCCO1. The average molecular weight is 289 g/mol. The predicted molar refractivity (Wildman–Crippen MR) is 68.8 cm³/mol. The highest BCUT2D eigenvalue weighted by Gasteiger charge is 2.33. The van der Waals surface area contributed by atoms with Gasteiger partial charge in [0, 0.05) is 19.7 Å². The van der Waals surface area contributed by atoms with E-state index in [0.29, 0.717) is 13.1 Å². The van der Waals surface area contributed by atoms with E-state index in [1.54, 1.807) is 0 Å². The predicted octanol–water partition coefficient (Wildman–Crippen LogP) is 2.85. The molecule has 0 aliphatic carbocycles. The molecule has 0 saturated carbocycles. The van der Waals surface area contributed by atoms with E-state index in [9.17, 15) is 13.2 Å². The van der Waals surface area contributed by atoms with Gasteiger partial charge in [0.2, 0.25) is 0 Å². The monoisotopic (exact) mass is 289 g/mol. The Balaban J connectivity index is 1.73. The van der Waals surface area contributed by atoms with Crippen LogP contribution < -0.4 is 10.1 Å². The van der Waals surface area contributed by atoms with E-state index in [0.717, 1.165) is 25.5 Å². The molecule has 1 aliphatic heterocycles. The van der Waals surface area contributed by atoms with E-state index < -0.39 is 11.7 Å². The molecule has 1 unspecified atom stereocenters. The van der Waals surface area contributed by atoms with E-state index >= 15 is 0 Å². The van der Waals surface area contributed by atoms with Crippen molar-refractivity contribution in [2.75, 3.05) is 26.3 Å². The normalized spacial score (nSPS) is 19.2. The summed E-state index contributed by atoms with van der Waals surface area (Å²) in [5.74, 6) is -0.126. The maximum atomic E-state index is 12.7. The van der Waals surface area contributed by atoms with E-state index in [4.69, 9.17) is 9.47 Å². The number of rotatable bonds is 6. The number of nitrogens with one attached hydrogen (secondary N) is 1. The number of hydrogen-bond acceptors (Lipinski definition) is 3. The first-order chi connectivity index (χ1) is 9.57. The maximum absolute atomic E-state index is 12.7. The Morgan fingerprint density at radius 2 is 2.10 bits per heavy atom. The molecule has 112 valence electrons. The van der Waals surface area contributed by atoms with Crippen LogP contribution in [-0.4, -0.2) is 32.4 Å². The molecule has 0 spiro atoms. The minimum atomic E-state index is -4.39. The number of hydrogen-bond donors (Lipinski definition) is 1. The van der Waals surface area contributed by atoms with Gasteiger partial charge in [-0.15, -0.1) is 0 Å². The van der Waals surface area contributed by atoms with Gasteiger partial charge in [-0.2, -0.15) is 13.2 Å². The highest BCUT2D eigenvalue weighted by Crippen LogP contribution is 2.35. The minimum absolute atomic E-state index is 0.126. The van der Waals surface area contributed by atoms with Crippen LogP contribution in [-0.2, 0) is 10.9 Å². The zero-order chi connectivity index (χ0) is 14.4. The molecule has 0 amide bonds. The molecule has 0 bridgehead atoms. The number of ether oxygens (including phenoxy) is 2. The zero-order valence-corrected chi connectivity index (χ0v) is 11.1. The molecule has 1 N–H and O–H groups in total. The van der Waals surface area contributed by atoms with Crippen molar-refractivity contribution in [3.8, 4) is 5.75 Å². The molecule has 1 atom stereocenters. The van der Waals surface area contributed by atoms with Crippen LogP contribution in [0.2, 0.25) is 0 Å². The van der Waals surface area contributed by atoms with E-state index in [1.165, 1.54) is 18.2 Å². The fourth-order valence-corrected chi connectivity index (χ4v) is 2.13. The lowest BCUT2D eigenvalue weighted by Gasteiger charge is -2.14. The van der Waals surface area contributed by atoms with Crippen LogP contribution in [0, 0.1) is 0 Å². The first-order valence-corrected chi connectivity index (χ1v) is 6.69. The Morgan fingerprint density at radius 3 is 2.80 bits per heavy atom. The number of para-hydroxylation sites is 1. The molecule has 1 aromatic rings. The Hall–Kier alpha value is -1.27. The first kappa shape index (κ1) is 15.1. The molecule has 3 nitrogen and oxygen atoms in total. The number of halogens is 3. The molecule has 1 saturated heterocycles. The van der Waals surface area contributed by atoms with Crippen LogP contribution in [0.25, 0.3) is 0 Å². The average Bonchev–Trinajstić information content (AvgIpc) is 2.91. The molecule has 0 aromatic heterocycles. The van der Waals surface area contributed by atoms with Crippen LogP contribution >= 0.6 is 0 Å². The molecule has 2 rings (SSSR count). The Kier molecular flexibility index (Phi) is 5.25. The van der Waals surface area contributed by atoms with E-state index in [-0.39, 0.29) is 18.5 Å². The van der Waals surface area contributed by atoms with Gasteiger partial charge < -0.3 is 14.8 Å². The van der Waals surface area contributed by atoms with Crippen molar-refractivity contribution in [2.24, 2.45) is 0 Å². The van der Waals surface area contributed by atoms with E-state index in [1.807, 2.05) is 0 Å². The maximum Gasteiger partial charge on any atom is 0.419 e. The van der Waals surface area contributed by atoms with Crippen molar-refractivity contribution in [3.05, 3.63) is 29.8 Å². The van der Waals surface area contributed by atoms with Crippen LogP contribution in [0.3, 0.4) is 0 Å². The Labute approximate surface area is 116 Å². The molecule has 20 heavy (non-hydrogen) atoms. The van der Waals surface area contributed by atoms with Crippen LogP contribution in [0.15, 0.2) is 24.3 Å². The van der Waals surface area contributed by atoms with Gasteiger partial charge in [0.15, 0.2) is 0 Å². The highest BCUT2D eigenvalue weighted by atomic mass is 19.4. The topological polar surface area (TPSA) is 30.5 Å². The number of alkyl halides is 3. The molecule has 1 heterocycles. The van der Waals surface area contributed by atoms with Crippen molar-refractivity contribution >= 4 is 0 Å². The fourth-order valence-electron chi connectivity index (χ4n) is 2.13. The second kappa shape index (κ2) is 6.95. The molecule has 0 radical (unpaired) electrons. The summed E-state index contributed by atoms with van der Waals surface area (Å²) in [4.78, 5) is 0. The van der Waals surface area contributed by atoms with Gasteiger partial charge in [-0.05, 0) is 25.0 Å². The lowest BCUT2D eigenvalue weighted by molar-refractivity contribution is -0.138. The van der Waals surface area contributed by atoms with Crippen molar-refractivity contribution in [2.45, 2.75) is 25.1 Å². The van der Waals surface area contributed by atoms with Gasteiger partial charge in [-0.25, -0.2) is 0 Å². The third kappa shape index (κ3) is 4.38. The quantitative estimate of drug-likeness (QED) is 0.817. The summed E-state index contributed by atoms with van der Waals surface area (Å²) in [5.41, 5.74) is -0.737. The Morgan fingerprint density at radius 1 is 1.30 bits per heavy atom. The van der Waals surface area contributed by atoms with Gasteiger partial charge in [-0.3, -0.25) is 0 Å². The summed E-state index contributed by atoms with van der Waals surface area (Å²) in [6, 6.07) is 5.24. The number of benzene rings is 1. The Bertz CT molecular complexity index is 417. The van der Waals surface area contributed by atoms with Gasteiger partial charge in [0.25, 0.3) is 0 Å². The molecule has 6 heteroatoms. The molecule has 1 aromatic carbocycles. The first-order valence-electron chi connectivity index (χ1n) is 6.69. The second-order valence-corrected chi connectivity index (χ2v) is 4.68. The van der Waals surface area contributed by atoms with E-state index in [2.05, 4.69) is 5.32 Å². The highest BCUT2D eigenvalue weighted by molar-refractivity contribution is 5.35. The summed E-state index contributed by atoms with van der Waals surface area (Å²) < 4.78 is 48.8. The summed E-state index contributed by atoms with van der Waals surface area (Å²) in [6.07, 6.45) is -2.06. The van der Waals surface area contributed by atoms with Gasteiger partial charge in [0.05, 0.1) is 11.7 Å². The molecule has 1 aliphatic rings. The van der Waals surface area contributed by atoms with Crippen LogP contribution in [0.4, 0.5) is 13.2 Å². The third-order valence-corrected chi connectivity index (χ3v) is 3.12. The van der Waals surface area contributed by atoms with Crippen molar-refractivity contribution in [1.82, 2.24) is 5.32 Å². The summed E-state index contributed by atoms with van der Waals surface area (Å²) >= 11 is 0. The second-order valence-electron chi connectivity index (χ2n) is 4.68. The lowest BCUT2D eigenvalue weighted by atomic mass is 10.2. The van der Waals surface area contributed by atoms with Crippen LogP contribution in [0.1, 0.15) is 18.4 Å². The standard InChI is InChI=1S/C14H18F3NO2/c15-14(16,17)12-5-1-2-6-13(12)20-9-7-18-10-11-4-3-8-19-11/h1-2,5-6,11,18H,3-4,7-10H2.